The fraction of sp³-hybridized carbons (Fsp3) is 0.750. The largest absolute Gasteiger partial charge is 0.419 e. The molecule has 4 heterocycles. The number of carbonyl (C=O) groups is 1. The van der Waals surface area contributed by atoms with Crippen LogP contribution in [0, 0.1) is 16.7 Å². The van der Waals surface area contributed by atoms with Gasteiger partial charge in [0.05, 0.1) is 11.3 Å². The zero-order valence-corrected chi connectivity index (χ0v) is 19.8. The van der Waals surface area contributed by atoms with Gasteiger partial charge in [0.25, 0.3) is 0 Å². The Labute approximate surface area is 201 Å². The Hall–Kier alpha value is -2.59. The third-order valence-corrected chi connectivity index (χ3v) is 8.99. The number of H-pyrrole nitrogens is 1. The highest BCUT2D eigenvalue weighted by atomic mass is 19.4. The van der Waals surface area contributed by atoms with Crippen molar-refractivity contribution >= 4 is 6.03 Å². The van der Waals surface area contributed by atoms with Crippen molar-refractivity contribution in [1.29, 1.82) is 0 Å². The lowest BCUT2D eigenvalue weighted by atomic mass is 9.56. The van der Waals surface area contributed by atoms with E-state index in [1.807, 2.05) is 9.80 Å². The summed E-state index contributed by atoms with van der Waals surface area (Å²) in [6.07, 6.45) is 3.32. The van der Waals surface area contributed by atoms with Crippen molar-refractivity contribution in [2.45, 2.75) is 63.0 Å². The van der Waals surface area contributed by atoms with Crippen LogP contribution in [0.15, 0.2) is 6.20 Å². The minimum atomic E-state index is -4.37. The van der Waals surface area contributed by atoms with E-state index in [9.17, 15) is 18.0 Å². The first-order chi connectivity index (χ1) is 16.6. The molecule has 188 valence electrons. The SMILES string of the molecule is Cn1cc(C(F)(F)F)c(CC2CC3(C2)CN(C(=O)N2CC4(CC(c5nc(C6CC6)n[nH]5)C4)C2)C3)n1. The summed E-state index contributed by atoms with van der Waals surface area (Å²) in [7, 11) is 1.53. The number of halogens is 3. The van der Waals surface area contributed by atoms with Crippen LogP contribution >= 0.6 is 0 Å². The van der Waals surface area contributed by atoms with E-state index in [2.05, 4.69) is 20.3 Å². The molecule has 0 bridgehead atoms. The number of nitrogens with zero attached hydrogens (tertiary/aromatic N) is 6. The minimum Gasteiger partial charge on any atom is -0.323 e. The molecule has 2 saturated heterocycles. The maximum Gasteiger partial charge on any atom is 0.419 e. The molecule has 3 saturated carbocycles. The summed E-state index contributed by atoms with van der Waals surface area (Å²) in [5.74, 6) is 3.18. The smallest absolute Gasteiger partial charge is 0.323 e. The quantitative estimate of drug-likeness (QED) is 0.710. The number of amides is 2. The van der Waals surface area contributed by atoms with Gasteiger partial charge in [-0.05, 0) is 50.9 Å². The number of aryl methyl sites for hydroxylation is 1. The highest BCUT2D eigenvalue weighted by Crippen LogP contribution is 2.57. The molecule has 5 aliphatic rings. The summed E-state index contributed by atoms with van der Waals surface area (Å²) in [6.45, 7) is 3.09. The Morgan fingerprint density at radius 2 is 1.69 bits per heavy atom. The Bertz CT molecular complexity index is 1150. The van der Waals surface area contributed by atoms with Crippen molar-refractivity contribution in [2.75, 3.05) is 26.2 Å². The predicted octanol–water partition coefficient (Wildman–Crippen LogP) is 3.69. The van der Waals surface area contributed by atoms with Crippen molar-refractivity contribution in [2.24, 2.45) is 23.8 Å². The number of rotatable bonds is 4. The highest BCUT2D eigenvalue weighted by Gasteiger charge is 2.59. The zero-order valence-electron chi connectivity index (χ0n) is 19.8. The molecule has 0 atom stereocenters. The summed E-state index contributed by atoms with van der Waals surface area (Å²) in [5, 5.41) is 11.5. The number of urea groups is 1. The normalized spacial score (nSPS) is 25.4. The van der Waals surface area contributed by atoms with Gasteiger partial charge in [-0.25, -0.2) is 9.78 Å². The van der Waals surface area contributed by atoms with Crippen LogP contribution in [-0.2, 0) is 19.6 Å². The van der Waals surface area contributed by atoms with Crippen LogP contribution in [0.5, 0.6) is 0 Å². The van der Waals surface area contributed by atoms with Gasteiger partial charge in [-0.15, -0.1) is 0 Å². The molecule has 2 aliphatic heterocycles. The van der Waals surface area contributed by atoms with Crippen LogP contribution in [0.4, 0.5) is 18.0 Å². The molecule has 0 aromatic carbocycles. The summed E-state index contributed by atoms with van der Waals surface area (Å²) in [5.41, 5.74) is -0.132. The Morgan fingerprint density at radius 3 is 2.29 bits per heavy atom. The van der Waals surface area contributed by atoms with E-state index in [0.717, 1.165) is 69.7 Å². The van der Waals surface area contributed by atoms with Gasteiger partial charge in [-0.2, -0.15) is 23.4 Å². The van der Waals surface area contributed by atoms with E-state index in [4.69, 9.17) is 0 Å². The number of carbonyl (C=O) groups excluding carboxylic acids is 1. The number of likely N-dealkylation sites (tertiary alicyclic amines) is 2. The minimum absolute atomic E-state index is 0.100. The van der Waals surface area contributed by atoms with E-state index in [0.29, 0.717) is 18.3 Å². The second kappa shape index (κ2) is 7.00. The second-order valence-electron chi connectivity index (χ2n) is 12.1. The van der Waals surface area contributed by atoms with E-state index in [-0.39, 0.29) is 28.5 Å². The van der Waals surface area contributed by atoms with Crippen molar-refractivity contribution < 1.29 is 18.0 Å². The molecule has 0 unspecified atom stereocenters. The van der Waals surface area contributed by atoms with Crippen LogP contribution < -0.4 is 0 Å². The maximum absolute atomic E-state index is 13.2. The molecule has 0 radical (unpaired) electrons. The summed E-state index contributed by atoms with van der Waals surface area (Å²) in [4.78, 5) is 21.5. The molecule has 8 nitrogen and oxygen atoms in total. The monoisotopic (exact) mass is 489 g/mol. The first-order valence-electron chi connectivity index (χ1n) is 12.7. The summed E-state index contributed by atoms with van der Waals surface area (Å²) >= 11 is 0. The fourth-order valence-electron chi connectivity index (χ4n) is 7.19. The van der Waals surface area contributed by atoms with Gasteiger partial charge in [0, 0.05) is 62.1 Å². The maximum atomic E-state index is 13.2. The summed E-state index contributed by atoms with van der Waals surface area (Å²) in [6, 6.07) is 0.118. The first kappa shape index (κ1) is 21.7. The molecule has 11 heteroatoms. The molecular weight excluding hydrogens is 459 g/mol. The van der Waals surface area contributed by atoms with Crippen LogP contribution in [-0.4, -0.2) is 67.0 Å². The van der Waals surface area contributed by atoms with Crippen LogP contribution in [0.2, 0.25) is 0 Å². The lowest BCUT2D eigenvalue weighted by Gasteiger charge is -2.63. The highest BCUT2D eigenvalue weighted by molar-refractivity contribution is 5.77. The molecule has 2 aromatic rings. The Morgan fingerprint density at radius 1 is 1.06 bits per heavy atom. The number of aromatic nitrogens is 5. The summed E-state index contributed by atoms with van der Waals surface area (Å²) < 4.78 is 40.9. The average molecular weight is 490 g/mol. The Kier molecular flexibility index (Phi) is 4.34. The molecule has 2 aromatic heterocycles. The van der Waals surface area contributed by atoms with Crippen LogP contribution in [0.25, 0.3) is 0 Å². The lowest BCUT2D eigenvalue weighted by molar-refractivity contribution is -0.138. The first-order valence-corrected chi connectivity index (χ1v) is 12.7. The van der Waals surface area contributed by atoms with E-state index in [1.54, 1.807) is 0 Å². The van der Waals surface area contributed by atoms with E-state index < -0.39 is 11.7 Å². The van der Waals surface area contributed by atoms with Crippen molar-refractivity contribution in [3.8, 4) is 0 Å². The van der Waals surface area contributed by atoms with Crippen LogP contribution in [0.1, 0.15) is 73.3 Å². The van der Waals surface area contributed by atoms with E-state index >= 15 is 0 Å². The zero-order chi connectivity index (χ0) is 24.2. The van der Waals surface area contributed by atoms with Gasteiger partial charge in [-0.1, -0.05) is 0 Å². The molecule has 5 fully saturated rings. The van der Waals surface area contributed by atoms with Crippen molar-refractivity contribution in [1.82, 2.24) is 34.8 Å². The number of aromatic amines is 1. The van der Waals surface area contributed by atoms with Gasteiger partial charge in [0.1, 0.15) is 5.82 Å². The average Bonchev–Trinajstić information content (AvgIpc) is 3.28. The van der Waals surface area contributed by atoms with Gasteiger partial charge in [0.2, 0.25) is 0 Å². The molecule has 3 aliphatic carbocycles. The Balaban J connectivity index is 0.862. The van der Waals surface area contributed by atoms with Crippen LogP contribution in [0.3, 0.4) is 0 Å². The number of alkyl halides is 3. The third kappa shape index (κ3) is 3.56. The topological polar surface area (TPSA) is 82.9 Å². The van der Waals surface area contributed by atoms with Gasteiger partial charge in [0.15, 0.2) is 5.82 Å². The molecule has 7 rings (SSSR count). The standard InChI is InChI=1S/C24H30F3N7O/c1-32-9-17(24(25,26)27)18(31-32)4-14-5-22(6-14)10-33(11-22)21(35)34-12-23(13-34)7-16(8-23)20-28-19(29-30-20)15-2-3-15/h9,14-16H,2-8,10-13H2,1H3,(H,28,29,30). The van der Waals surface area contributed by atoms with Crippen molar-refractivity contribution in [3.05, 3.63) is 29.1 Å². The molecule has 35 heavy (non-hydrogen) atoms. The van der Waals surface area contributed by atoms with Gasteiger partial charge in [-0.3, -0.25) is 9.78 Å². The third-order valence-electron chi connectivity index (χ3n) is 8.99. The lowest BCUT2D eigenvalue weighted by Crippen LogP contribution is -2.71. The van der Waals surface area contributed by atoms with Gasteiger partial charge < -0.3 is 9.80 Å². The van der Waals surface area contributed by atoms with Gasteiger partial charge >= 0.3 is 12.2 Å². The van der Waals surface area contributed by atoms with E-state index in [1.165, 1.54) is 24.6 Å². The molecule has 1 N–H and O–H groups in total. The molecule has 2 spiro atoms. The predicted molar refractivity (Wildman–Crippen MR) is 118 cm³/mol. The van der Waals surface area contributed by atoms with Crippen molar-refractivity contribution in [3.63, 3.8) is 0 Å². The molecule has 2 amide bonds. The number of hydrogen-bond acceptors (Lipinski definition) is 4. The molecular formula is C24H30F3N7O. The second-order valence-corrected chi connectivity index (χ2v) is 12.1. The number of hydrogen-bond donors (Lipinski definition) is 1. The fourth-order valence-corrected chi connectivity index (χ4v) is 7.19. The number of nitrogens with one attached hydrogen (secondary N) is 1.